The molecule has 6 unspecified atom stereocenters. The average molecular weight is 833 g/mol. The van der Waals surface area contributed by atoms with Crippen molar-refractivity contribution in [3.8, 4) is 28.4 Å². The summed E-state index contributed by atoms with van der Waals surface area (Å²) in [6.45, 7) is 10.5. The summed E-state index contributed by atoms with van der Waals surface area (Å²) < 4.78 is 21.1. The largest absolute Gasteiger partial charge is 0.459 e. The quantitative estimate of drug-likeness (QED) is 0.0703. The standard InChI is InChI=1S/C52H68N2O7/c1-6-32-58-52-47(54(5)48(57)29-22-36-16-10-11-17-36)35-45(53-61-51(2,3)4)43-33-39(20-12-14-30-55)42(21-13-15-31-56)49(50(43)52)44-34-41(27-28-46(44)60-52)59-40-25-23-38(24-26-40)37-18-8-7-9-19-37/h6-9,18-19,23-28,33-34,36,39,42,47,49-50,55-56H,1,10-17,20-22,29-32,35H2,2-5H3. The first-order chi connectivity index (χ1) is 29.5. The van der Waals surface area contributed by atoms with E-state index in [0.29, 0.717) is 43.1 Å². The molecular formula is C52H68N2O7. The predicted molar refractivity (Wildman–Crippen MR) is 242 cm³/mol. The lowest BCUT2D eigenvalue weighted by atomic mass is 9.55. The van der Waals surface area contributed by atoms with Crippen LogP contribution in [0, 0.1) is 23.7 Å². The second-order valence-electron chi connectivity index (χ2n) is 18.7. The number of amides is 1. The van der Waals surface area contributed by atoms with Gasteiger partial charge in [-0.05, 0) is 118 Å². The van der Waals surface area contributed by atoms with Gasteiger partial charge in [0.25, 0.3) is 0 Å². The lowest BCUT2D eigenvalue weighted by molar-refractivity contribution is -0.255. The Morgan fingerprint density at radius 2 is 1.61 bits per heavy atom. The SMILES string of the molecule is C=CCOC12Oc3ccc(Oc4ccc(-c5ccccc5)cc4)cc3C3C(CCCCO)C(CCCCO)C=C(C(=NOC(C)(C)C)CC1N(C)C(=O)CCC1CCCC1)C32. The maximum absolute atomic E-state index is 14.4. The molecule has 3 aromatic carbocycles. The van der Waals surface area contributed by atoms with E-state index >= 15 is 0 Å². The van der Waals surface area contributed by atoms with Crippen LogP contribution in [0.15, 0.2) is 102 Å². The fourth-order valence-electron chi connectivity index (χ4n) is 10.4. The van der Waals surface area contributed by atoms with E-state index in [-0.39, 0.29) is 49.4 Å². The van der Waals surface area contributed by atoms with Crippen molar-refractivity contribution in [2.45, 2.75) is 128 Å². The smallest absolute Gasteiger partial charge is 0.239 e. The molecule has 1 aliphatic heterocycles. The number of fused-ring (bicyclic) bond motifs is 2. The maximum Gasteiger partial charge on any atom is 0.239 e. The molecule has 7 rings (SSSR count). The first-order valence-corrected chi connectivity index (χ1v) is 22.9. The molecule has 0 saturated heterocycles. The molecule has 0 bridgehead atoms. The Kier molecular flexibility index (Phi) is 14.7. The van der Waals surface area contributed by atoms with Crippen molar-refractivity contribution in [2.75, 3.05) is 26.9 Å². The summed E-state index contributed by atoms with van der Waals surface area (Å²) in [6.07, 6.45) is 15.6. The number of carbonyl (C=O) groups is 1. The first kappa shape index (κ1) is 44.6. The lowest BCUT2D eigenvalue weighted by Crippen LogP contribution is -2.69. The third-order valence-corrected chi connectivity index (χ3v) is 13.4. The number of allylic oxidation sites excluding steroid dienone is 1. The van der Waals surface area contributed by atoms with Crippen molar-refractivity contribution < 1.29 is 34.1 Å². The number of aliphatic hydroxyl groups excluding tert-OH is 2. The van der Waals surface area contributed by atoms with Crippen LogP contribution >= 0.6 is 0 Å². The molecule has 1 heterocycles. The molecule has 61 heavy (non-hydrogen) atoms. The van der Waals surface area contributed by atoms with Gasteiger partial charge in [0.1, 0.15) is 28.9 Å². The topological polar surface area (TPSA) is 110 Å². The molecule has 2 N–H and O–H groups in total. The predicted octanol–water partition coefficient (Wildman–Crippen LogP) is 11.0. The van der Waals surface area contributed by atoms with Crippen molar-refractivity contribution in [2.24, 2.45) is 28.8 Å². The van der Waals surface area contributed by atoms with Crippen LogP contribution in [0.25, 0.3) is 11.1 Å². The number of aliphatic hydroxyl groups is 2. The molecule has 6 atom stereocenters. The van der Waals surface area contributed by atoms with E-state index in [1.54, 1.807) is 6.08 Å². The van der Waals surface area contributed by atoms with E-state index in [9.17, 15) is 15.0 Å². The molecule has 4 aliphatic rings. The van der Waals surface area contributed by atoms with E-state index in [4.69, 9.17) is 24.2 Å². The molecule has 9 nitrogen and oxygen atoms in total. The number of unbranched alkanes of at least 4 members (excludes halogenated alkanes) is 2. The van der Waals surface area contributed by atoms with Crippen molar-refractivity contribution in [3.63, 3.8) is 0 Å². The first-order valence-electron chi connectivity index (χ1n) is 22.9. The van der Waals surface area contributed by atoms with Gasteiger partial charge in [-0.25, -0.2) is 0 Å². The monoisotopic (exact) mass is 833 g/mol. The Bertz CT molecular complexity index is 1980. The second kappa shape index (κ2) is 20.2. The fraction of sp³-hybridized carbons (Fsp3) is 0.538. The van der Waals surface area contributed by atoms with Gasteiger partial charge >= 0.3 is 0 Å². The zero-order chi connectivity index (χ0) is 43.0. The number of benzene rings is 3. The summed E-state index contributed by atoms with van der Waals surface area (Å²) in [5.74, 6) is 1.32. The number of likely N-dealkylation sites (N-methyl/N-ethyl adjacent to an activating group) is 1. The van der Waals surface area contributed by atoms with Crippen LogP contribution in [0.3, 0.4) is 0 Å². The minimum absolute atomic E-state index is 0.0761. The molecule has 2 fully saturated rings. The highest BCUT2D eigenvalue weighted by atomic mass is 16.7. The molecule has 0 aromatic heterocycles. The molecule has 328 valence electrons. The van der Waals surface area contributed by atoms with Crippen molar-refractivity contribution in [3.05, 3.63) is 103 Å². The second-order valence-corrected chi connectivity index (χ2v) is 18.7. The van der Waals surface area contributed by atoms with Crippen molar-refractivity contribution in [1.29, 1.82) is 0 Å². The number of hydrogen-bond donors (Lipinski definition) is 2. The van der Waals surface area contributed by atoms with Crippen molar-refractivity contribution in [1.82, 2.24) is 4.90 Å². The van der Waals surface area contributed by atoms with Gasteiger partial charge in [-0.2, -0.15) is 0 Å². The van der Waals surface area contributed by atoms with Gasteiger partial charge in [0.2, 0.25) is 11.7 Å². The number of carbonyl (C=O) groups excluding carboxylic acids is 1. The van der Waals surface area contributed by atoms with E-state index < -0.39 is 17.4 Å². The molecule has 0 spiro atoms. The summed E-state index contributed by atoms with van der Waals surface area (Å²) in [7, 11) is 1.91. The highest BCUT2D eigenvalue weighted by molar-refractivity contribution is 6.03. The minimum Gasteiger partial charge on any atom is -0.459 e. The lowest BCUT2D eigenvalue weighted by Gasteiger charge is -2.59. The number of nitrogens with zero attached hydrogens (tertiary/aromatic N) is 2. The number of ether oxygens (including phenoxy) is 3. The summed E-state index contributed by atoms with van der Waals surface area (Å²) in [5.41, 5.74) is 4.59. The highest BCUT2D eigenvalue weighted by Crippen LogP contribution is 2.62. The summed E-state index contributed by atoms with van der Waals surface area (Å²) >= 11 is 0. The average Bonchev–Trinajstić information content (AvgIpc) is 3.79. The van der Waals surface area contributed by atoms with Gasteiger partial charge in [0.15, 0.2) is 0 Å². The highest BCUT2D eigenvalue weighted by Gasteiger charge is 2.65. The number of oxime groups is 1. The normalized spacial score (nSPS) is 25.2. The molecule has 3 aromatic rings. The summed E-state index contributed by atoms with van der Waals surface area (Å²) in [6, 6.07) is 24.1. The Morgan fingerprint density at radius 3 is 2.30 bits per heavy atom. The fourth-order valence-corrected chi connectivity index (χ4v) is 10.4. The Hall–Kier alpha value is -4.44. The molecular weight excluding hydrogens is 765 g/mol. The Balaban J connectivity index is 1.35. The van der Waals surface area contributed by atoms with E-state index in [1.807, 2.05) is 75.2 Å². The molecule has 0 radical (unpaired) electrons. The van der Waals surface area contributed by atoms with Gasteiger partial charge in [0.05, 0.1) is 18.2 Å². The van der Waals surface area contributed by atoms with Gasteiger partial charge < -0.3 is 34.2 Å². The van der Waals surface area contributed by atoms with Crippen LogP contribution in [0.5, 0.6) is 17.2 Å². The van der Waals surface area contributed by atoms with Crippen LogP contribution in [0.4, 0.5) is 0 Å². The third-order valence-electron chi connectivity index (χ3n) is 13.4. The van der Waals surface area contributed by atoms with Crippen LogP contribution in [-0.4, -0.2) is 71.0 Å². The summed E-state index contributed by atoms with van der Waals surface area (Å²) in [5, 5.41) is 24.8. The van der Waals surface area contributed by atoms with E-state index in [1.165, 1.54) is 25.7 Å². The van der Waals surface area contributed by atoms with Crippen LogP contribution in [-0.2, 0) is 14.4 Å². The van der Waals surface area contributed by atoms with Gasteiger partial charge in [-0.3, -0.25) is 4.79 Å². The maximum atomic E-state index is 14.4. The zero-order valence-corrected chi connectivity index (χ0v) is 36.9. The van der Waals surface area contributed by atoms with E-state index in [0.717, 1.165) is 65.8 Å². The molecule has 9 heteroatoms. The number of rotatable bonds is 19. The third kappa shape index (κ3) is 10.3. The molecule has 2 saturated carbocycles. The van der Waals surface area contributed by atoms with Crippen molar-refractivity contribution >= 4 is 11.6 Å². The molecule has 1 amide bonds. The summed E-state index contributed by atoms with van der Waals surface area (Å²) in [4.78, 5) is 22.5. The van der Waals surface area contributed by atoms with Gasteiger partial charge in [-0.1, -0.05) is 98.3 Å². The van der Waals surface area contributed by atoms with Gasteiger partial charge in [0, 0.05) is 44.6 Å². The van der Waals surface area contributed by atoms with Crippen LogP contribution in [0.1, 0.15) is 116 Å². The zero-order valence-electron chi connectivity index (χ0n) is 36.9. The minimum atomic E-state index is -1.27. The Morgan fingerprint density at radius 1 is 0.918 bits per heavy atom. The van der Waals surface area contributed by atoms with Crippen LogP contribution in [0.2, 0.25) is 0 Å². The Labute approximate surface area is 363 Å². The van der Waals surface area contributed by atoms with E-state index in [2.05, 4.69) is 43.0 Å². The number of hydrogen-bond acceptors (Lipinski definition) is 8. The molecule has 3 aliphatic carbocycles. The van der Waals surface area contributed by atoms with Crippen LogP contribution < -0.4 is 9.47 Å². The van der Waals surface area contributed by atoms with Gasteiger partial charge in [-0.15, -0.1) is 6.58 Å².